The molecule has 0 unspecified atom stereocenters. The number of aromatic nitrogens is 1. The highest BCUT2D eigenvalue weighted by atomic mass is 16.6. The fourth-order valence-electron chi connectivity index (χ4n) is 3.16. The molecule has 0 radical (unpaired) electrons. The summed E-state index contributed by atoms with van der Waals surface area (Å²) in [6.07, 6.45) is 6.54. The smallest absolute Gasteiger partial charge is 0.297 e. The van der Waals surface area contributed by atoms with E-state index in [-0.39, 0.29) is 17.0 Å². The zero-order chi connectivity index (χ0) is 19.1. The van der Waals surface area contributed by atoms with E-state index < -0.39 is 4.92 Å². The first-order valence-corrected chi connectivity index (χ1v) is 8.98. The average Bonchev–Trinajstić information content (AvgIpc) is 2.64. The fraction of sp³-hybridized carbons (Fsp3) is 0.526. The second-order valence-corrected chi connectivity index (χ2v) is 6.25. The van der Waals surface area contributed by atoms with Gasteiger partial charge in [0, 0.05) is 24.1 Å². The van der Waals surface area contributed by atoms with Crippen molar-refractivity contribution < 1.29 is 14.4 Å². The molecular weight excluding hydrogens is 336 g/mol. The van der Waals surface area contributed by atoms with Gasteiger partial charge in [-0.1, -0.05) is 39.0 Å². The maximum absolute atomic E-state index is 12.8. The minimum Gasteiger partial charge on any atom is -0.492 e. The fourth-order valence-corrected chi connectivity index (χ4v) is 3.16. The van der Waals surface area contributed by atoms with Crippen LogP contribution in [0.25, 0.3) is 10.9 Å². The number of benzene rings is 1. The van der Waals surface area contributed by atoms with Crippen molar-refractivity contribution in [3.63, 3.8) is 0 Å². The monoisotopic (exact) mass is 362 g/mol. The maximum Gasteiger partial charge on any atom is 0.297 e. The molecule has 0 saturated carbocycles. The van der Waals surface area contributed by atoms with Crippen LogP contribution < -0.4 is 15.0 Å². The molecule has 0 aliphatic heterocycles. The molecule has 1 heterocycles. The highest BCUT2D eigenvalue weighted by Crippen LogP contribution is 2.34. The molecule has 2 rings (SSSR count). The molecule has 0 spiro atoms. The number of nitro benzene ring substituents is 1. The first kappa shape index (κ1) is 19.8. The Labute approximate surface area is 152 Å². The molecule has 0 N–H and O–H groups in total. The highest BCUT2D eigenvalue weighted by Gasteiger charge is 2.20. The van der Waals surface area contributed by atoms with Crippen LogP contribution in [-0.2, 0) is 6.54 Å². The molecule has 0 aliphatic rings. The normalized spacial score (nSPS) is 10.9. The molecule has 142 valence electrons. The van der Waals surface area contributed by atoms with Crippen LogP contribution >= 0.6 is 0 Å². The number of aryl methyl sites for hydroxylation is 1. The average molecular weight is 362 g/mol. The van der Waals surface area contributed by atoms with Gasteiger partial charge in [-0.15, -0.1) is 0 Å². The van der Waals surface area contributed by atoms with E-state index >= 15 is 0 Å². The number of fused-ring (bicyclic) bond motifs is 1. The van der Waals surface area contributed by atoms with Gasteiger partial charge in [-0.25, -0.2) is 0 Å². The molecule has 2 aromatic rings. The molecular formula is C19H26N2O5. The lowest BCUT2D eigenvalue weighted by molar-refractivity contribution is -0.384. The quantitative estimate of drug-likeness (QED) is 0.358. The van der Waals surface area contributed by atoms with Gasteiger partial charge in [0.1, 0.15) is 0 Å². The topological polar surface area (TPSA) is 83.6 Å². The van der Waals surface area contributed by atoms with Crippen LogP contribution in [0.5, 0.6) is 11.5 Å². The van der Waals surface area contributed by atoms with Crippen molar-refractivity contribution >= 4 is 16.6 Å². The van der Waals surface area contributed by atoms with E-state index in [2.05, 4.69) is 6.92 Å². The lowest BCUT2D eigenvalue weighted by Gasteiger charge is -2.16. The number of ether oxygens (including phenoxy) is 2. The zero-order valence-corrected chi connectivity index (χ0v) is 15.6. The number of methoxy groups -OCH3 is 2. The Morgan fingerprint density at radius 1 is 1.04 bits per heavy atom. The van der Waals surface area contributed by atoms with Crippen molar-refractivity contribution in [2.75, 3.05) is 14.2 Å². The molecule has 0 bridgehead atoms. The number of hydrogen-bond donors (Lipinski definition) is 0. The Morgan fingerprint density at radius 3 is 2.31 bits per heavy atom. The molecule has 7 nitrogen and oxygen atoms in total. The van der Waals surface area contributed by atoms with Crippen LogP contribution in [-0.4, -0.2) is 23.7 Å². The Balaban J connectivity index is 2.44. The van der Waals surface area contributed by atoms with E-state index in [9.17, 15) is 14.9 Å². The minimum absolute atomic E-state index is 0.0548. The SMILES string of the molecule is CCCCCCCCn1c(=O)c(OC)c(OC)c2ccc([N+](=O)[O-])cc21. The first-order chi connectivity index (χ1) is 12.5. The van der Waals surface area contributed by atoms with Crippen LogP contribution in [0.4, 0.5) is 5.69 Å². The molecule has 0 saturated heterocycles. The first-order valence-electron chi connectivity index (χ1n) is 8.98. The van der Waals surface area contributed by atoms with Gasteiger partial charge in [-0.05, 0) is 12.5 Å². The summed E-state index contributed by atoms with van der Waals surface area (Å²) in [5.74, 6) is 0.432. The summed E-state index contributed by atoms with van der Waals surface area (Å²) in [5.41, 5.74) is 0.113. The van der Waals surface area contributed by atoms with E-state index in [0.29, 0.717) is 23.2 Å². The van der Waals surface area contributed by atoms with Gasteiger partial charge in [0.15, 0.2) is 5.75 Å². The lowest BCUT2D eigenvalue weighted by atomic mass is 10.1. The number of rotatable bonds is 10. The summed E-state index contributed by atoms with van der Waals surface area (Å²) in [6, 6.07) is 4.44. The van der Waals surface area contributed by atoms with Crippen LogP contribution in [0.2, 0.25) is 0 Å². The number of nitrogens with zero attached hydrogens (tertiary/aromatic N) is 2. The van der Waals surface area contributed by atoms with Gasteiger partial charge in [0.25, 0.3) is 11.2 Å². The molecule has 26 heavy (non-hydrogen) atoms. The molecule has 0 atom stereocenters. The third-order valence-corrected chi connectivity index (χ3v) is 4.52. The number of unbranched alkanes of at least 4 members (excludes halogenated alkanes) is 5. The van der Waals surface area contributed by atoms with Gasteiger partial charge in [0.05, 0.1) is 24.7 Å². The van der Waals surface area contributed by atoms with E-state index in [1.54, 1.807) is 10.6 Å². The van der Waals surface area contributed by atoms with Gasteiger partial charge < -0.3 is 14.0 Å². The molecule has 7 heteroatoms. The van der Waals surface area contributed by atoms with Crippen LogP contribution in [0, 0.1) is 10.1 Å². The number of nitro groups is 1. The van der Waals surface area contributed by atoms with E-state index in [1.807, 2.05) is 0 Å². The van der Waals surface area contributed by atoms with Gasteiger partial charge in [-0.3, -0.25) is 14.9 Å². The van der Waals surface area contributed by atoms with Crippen LogP contribution in [0.1, 0.15) is 45.4 Å². The summed E-state index contributed by atoms with van der Waals surface area (Å²) in [5, 5.41) is 11.8. The van der Waals surface area contributed by atoms with Crippen LogP contribution in [0.3, 0.4) is 0 Å². The lowest BCUT2D eigenvalue weighted by Crippen LogP contribution is -2.23. The second kappa shape index (κ2) is 9.22. The zero-order valence-electron chi connectivity index (χ0n) is 15.6. The van der Waals surface area contributed by atoms with Crippen molar-refractivity contribution in [1.29, 1.82) is 0 Å². The predicted molar refractivity (Wildman–Crippen MR) is 101 cm³/mol. The van der Waals surface area contributed by atoms with Gasteiger partial charge in [0.2, 0.25) is 5.75 Å². The molecule has 0 fully saturated rings. The van der Waals surface area contributed by atoms with Crippen molar-refractivity contribution in [3.05, 3.63) is 38.7 Å². The van der Waals surface area contributed by atoms with E-state index in [4.69, 9.17) is 9.47 Å². The summed E-state index contributed by atoms with van der Waals surface area (Å²) < 4.78 is 12.2. The number of pyridine rings is 1. The summed E-state index contributed by atoms with van der Waals surface area (Å²) >= 11 is 0. The highest BCUT2D eigenvalue weighted by molar-refractivity contribution is 5.89. The van der Waals surface area contributed by atoms with Crippen molar-refractivity contribution in [1.82, 2.24) is 4.57 Å². The van der Waals surface area contributed by atoms with Gasteiger partial charge >= 0.3 is 0 Å². The van der Waals surface area contributed by atoms with E-state index in [1.165, 1.54) is 45.6 Å². The third kappa shape index (κ3) is 4.15. The second-order valence-electron chi connectivity index (χ2n) is 6.25. The number of non-ortho nitro benzene ring substituents is 1. The minimum atomic E-state index is -0.463. The molecule has 0 aliphatic carbocycles. The largest absolute Gasteiger partial charge is 0.492 e. The summed E-state index contributed by atoms with van der Waals surface area (Å²) in [4.78, 5) is 23.5. The van der Waals surface area contributed by atoms with Gasteiger partial charge in [-0.2, -0.15) is 0 Å². The van der Waals surface area contributed by atoms with Crippen molar-refractivity contribution in [2.24, 2.45) is 0 Å². The molecule has 0 amide bonds. The Hall–Kier alpha value is -2.57. The summed E-state index contributed by atoms with van der Waals surface area (Å²) in [7, 11) is 2.88. The maximum atomic E-state index is 12.8. The Kier molecular flexibility index (Phi) is 7.00. The predicted octanol–water partition coefficient (Wildman–Crippen LogP) is 4.29. The third-order valence-electron chi connectivity index (χ3n) is 4.52. The van der Waals surface area contributed by atoms with Crippen molar-refractivity contribution in [3.8, 4) is 11.5 Å². The number of hydrogen-bond acceptors (Lipinski definition) is 5. The van der Waals surface area contributed by atoms with E-state index in [0.717, 1.165) is 19.3 Å². The van der Waals surface area contributed by atoms with Crippen molar-refractivity contribution in [2.45, 2.75) is 52.0 Å². The summed E-state index contributed by atoms with van der Waals surface area (Å²) in [6.45, 7) is 2.66. The standard InChI is InChI=1S/C19H26N2O5/c1-4-5-6-7-8-9-12-20-16-13-14(21(23)24)10-11-15(16)17(25-2)18(26-3)19(20)22/h10-11,13H,4-9,12H2,1-3H3. The Bertz CT molecular complexity index is 829. The Morgan fingerprint density at radius 2 is 1.69 bits per heavy atom. The molecule has 1 aromatic carbocycles. The van der Waals surface area contributed by atoms with Crippen LogP contribution in [0.15, 0.2) is 23.0 Å². The molecule has 1 aromatic heterocycles.